The lowest BCUT2D eigenvalue weighted by molar-refractivity contribution is -0.148. The first-order valence-electron chi connectivity index (χ1n) is 7.71. The molecule has 0 aromatic carbocycles. The van der Waals surface area contributed by atoms with Crippen LogP contribution >= 0.6 is 0 Å². The van der Waals surface area contributed by atoms with Gasteiger partial charge in [-0.05, 0) is 43.4 Å². The number of nitrogens with one attached hydrogen (secondary N) is 1. The lowest BCUT2D eigenvalue weighted by Gasteiger charge is -2.39. The monoisotopic (exact) mass is 264 g/mol. The molecule has 0 aromatic rings. The first kappa shape index (κ1) is 12.9. The molecule has 4 nitrogen and oxygen atoms in total. The van der Waals surface area contributed by atoms with E-state index in [0.717, 1.165) is 19.3 Å². The first-order valence-corrected chi connectivity index (χ1v) is 7.71. The molecule has 19 heavy (non-hydrogen) atoms. The Morgan fingerprint density at radius 1 is 1.21 bits per heavy atom. The van der Waals surface area contributed by atoms with Crippen LogP contribution in [-0.4, -0.2) is 35.3 Å². The van der Waals surface area contributed by atoms with Gasteiger partial charge in [0.25, 0.3) is 0 Å². The number of hydrogen-bond acceptors (Lipinski definition) is 2. The van der Waals surface area contributed by atoms with E-state index in [-0.39, 0.29) is 30.4 Å². The number of piperazine rings is 1. The molecule has 3 aliphatic rings. The second-order valence-electron chi connectivity index (χ2n) is 6.52. The molecular weight excluding hydrogens is 240 g/mol. The minimum Gasteiger partial charge on any atom is -0.342 e. The van der Waals surface area contributed by atoms with Gasteiger partial charge in [-0.3, -0.25) is 9.59 Å². The van der Waals surface area contributed by atoms with Crippen LogP contribution in [-0.2, 0) is 9.59 Å². The highest BCUT2D eigenvalue weighted by molar-refractivity contribution is 5.95. The van der Waals surface area contributed by atoms with Crippen molar-refractivity contribution in [3.05, 3.63) is 0 Å². The number of hydrogen-bond donors (Lipinski definition) is 1. The minimum atomic E-state index is -0.228. The van der Waals surface area contributed by atoms with Crippen molar-refractivity contribution < 1.29 is 9.59 Å². The van der Waals surface area contributed by atoms with Gasteiger partial charge in [0.1, 0.15) is 6.04 Å². The van der Waals surface area contributed by atoms with E-state index in [1.54, 1.807) is 0 Å². The second-order valence-corrected chi connectivity index (χ2v) is 6.52. The van der Waals surface area contributed by atoms with Gasteiger partial charge in [-0.2, -0.15) is 0 Å². The summed E-state index contributed by atoms with van der Waals surface area (Å²) in [5.74, 6) is 1.85. The van der Waals surface area contributed by atoms with Gasteiger partial charge in [0, 0.05) is 6.04 Å². The molecule has 1 N–H and O–H groups in total. The summed E-state index contributed by atoms with van der Waals surface area (Å²) in [7, 11) is 0. The molecule has 2 amide bonds. The molecule has 0 aromatic heterocycles. The number of nitrogens with zero attached hydrogens (tertiary/aromatic N) is 1. The van der Waals surface area contributed by atoms with E-state index in [0.29, 0.717) is 17.8 Å². The third kappa shape index (κ3) is 2.26. The van der Waals surface area contributed by atoms with Crippen LogP contribution in [0.5, 0.6) is 0 Å². The highest BCUT2D eigenvalue weighted by Crippen LogP contribution is 2.39. The van der Waals surface area contributed by atoms with Crippen molar-refractivity contribution in [1.29, 1.82) is 0 Å². The fraction of sp³-hybridized carbons (Fsp3) is 0.867. The van der Waals surface area contributed by atoms with Gasteiger partial charge in [0.2, 0.25) is 11.8 Å². The molecule has 0 radical (unpaired) electrons. The average molecular weight is 264 g/mol. The van der Waals surface area contributed by atoms with Crippen LogP contribution in [0.1, 0.15) is 46.0 Å². The SMILES string of the molecule is CCC1CCC(N2CC(=O)NC(C3CC3)C2=O)C1C. The molecule has 0 spiro atoms. The van der Waals surface area contributed by atoms with Crippen molar-refractivity contribution in [2.75, 3.05) is 6.54 Å². The highest BCUT2D eigenvalue weighted by Gasteiger charge is 2.47. The van der Waals surface area contributed by atoms with E-state index in [1.165, 1.54) is 12.8 Å². The van der Waals surface area contributed by atoms with Crippen LogP contribution in [0.2, 0.25) is 0 Å². The molecule has 1 saturated heterocycles. The normalized spacial score (nSPS) is 39.6. The molecule has 4 heteroatoms. The Hall–Kier alpha value is -1.06. The summed E-state index contributed by atoms with van der Waals surface area (Å²) in [4.78, 5) is 26.4. The van der Waals surface area contributed by atoms with E-state index in [9.17, 15) is 9.59 Å². The summed E-state index contributed by atoms with van der Waals surface area (Å²) < 4.78 is 0. The number of carbonyl (C=O) groups is 2. The summed E-state index contributed by atoms with van der Waals surface area (Å²) >= 11 is 0. The van der Waals surface area contributed by atoms with Gasteiger partial charge in [-0.1, -0.05) is 20.3 Å². The molecule has 106 valence electrons. The maximum absolute atomic E-state index is 12.6. The van der Waals surface area contributed by atoms with Crippen molar-refractivity contribution in [3.8, 4) is 0 Å². The standard InChI is InChI=1S/C15H24N2O2/c1-3-10-6-7-12(9(10)2)17-8-13(18)16-14(15(17)19)11-4-5-11/h9-12,14H,3-8H2,1-2H3,(H,16,18). The van der Waals surface area contributed by atoms with Crippen molar-refractivity contribution in [3.63, 3.8) is 0 Å². The third-order valence-electron chi connectivity index (χ3n) is 5.38. The Balaban J connectivity index is 1.75. The van der Waals surface area contributed by atoms with Crippen molar-refractivity contribution in [2.24, 2.45) is 17.8 Å². The van der Waals surface area contributed by atoms with Crippen LogP contribution in [0.15, 0.2) is 0 Å². The van der Waals surface area contributed by atoms with Gasteiger partial charge in [-0.25, -0.2) is 0 Å². The van der Waals surface area contributed by atoms with Gasteiger partial charge >= 0.3 is 0 Å². The lowest BCUT2D eigenvalue weighted by atomic mass is 9.92. The van der Waals surface area contributed by atoms with Crippen LogP contribution in [0.4, 0.5) is 0 Å². The van der Waals surface area contributed by atoms with E-state index < -0.39 is 0 Å². The topological polar surface area (TPSA) is 49.4 Å². The van der Waals surface area contributed by atoms with E-state index >= 15 is 0 Å². The first-order chi connectivity index (χ1) is 9.11. The Labute approximate surface area is 114 Å². The molecule has 1 aliphatic heterocycles. The van der Waals surface area contributed by atoms with Gasteiger partial charge in [0.15, 0.2) is 0 Å². The smallest absolute Gasteiger partial charge is 0.246 e. The molecule has 1 heterocycles. The van der Waals surface area contributed by atoms with E-state index in [2.05, 4.69) is 19.2 Å². The summed E-state index contributed by atoms with van der Waals surface area (Å²) in [6.07, 6.45) is 5.61. The minimum absolute atomic E-state index is 0.0312. The van der Waals surface area contributed by atoms with Crippen molar-refractivity contribution >= 4 is 11.8 Å². The van der Waals surface area contributed by atoms with Crippen molar-refractivity contribution in [1.82, 2.24) is 10.2 Å². The number of carbonyl (C=O) groups excluding carboxylic acids is 2. The molecule has 0 bridgehead atoms. The zero-order valence-electron chi connectivity index (χ0n) is 11.9. The fourth-order valence-electron chi connectivity index (χ4n) is 3.96. The Morgan fingerprint density at radius 2 is 1.95 bits per heavy atom. The molecule has 3 fully saturated rings. The quantitative estimate of drug-likeness (QED) is 0.840. The zero-order valence-corrected chi connectivity index (χ0v) is 11.9. The summed E-state index contributed by atoms with van der Waals surface area (Å²) in [6, 6.07) is 0.0545. The summed E-state index contributed by atoms with van der Waals surface area (Å²) in [6.45, 7) is 4.74. The molecular formula is C15H24N2O2. The maximum atomic E-state index is 12.6. The average Bonchev–Trinajstić information content (AvgIpc) is 3.16. The highest BCUT2D eigenvalue weighted by atomic mass is 16.2. The van der Waals surface area contributed by atoms with Crippen LogP contribution in [0.25, 0.3) is 0 Å². The van der Waals surface area contributed by atoms with Crippen LogP contribution in [0.3, 0.4) is 0 Å². The zero-order chi connectivity index (χ0) is 13.6. The predicted molar refractivity (Wildman–Crippen MR) is 72.3 cm³/mol. The number of amides is 2. The second kappa shape index (κ2) is 4.80. The summed E-state index contributed by atoms with van der Waals surface area (Å²) in [5, 5.41) is 2.89. The maximum Gasteiger partial charge on any atom is 0.246 e. The molecule has 4 atom stereocenters. The molecule has 4 unspecified atom stereocenters. The van der Waals surface area contributed by atoms with E-state index in [4.69, 9.17) is 0 Å². The fourth-order valence-corrected chi connectivity index (χ4v) is 3.96. The molecule has 2 aliphatic carbocycles. The van der Waals surface area contributed by atoms with Gasteiger partial charge < -0.3 is 10.2 Å². The largest absolute Gasteiger partial charge is 0.342 e. The van der Waals surface area contributed by atoms with E-state index in [1.807, 2.05) is 4.90 Å². The third-order valence-corrected chi connectivity index (χ3v) is 5.38. The molecule has 3 rings (SSSR count). The van der Waals surface area contributed by atoms with Crippen molar-refractivity contribution in [2.45, 2.75) is 58.0 Å². The lowest BCUT2D eigenvalue weighted by Crippen LogP contribution is -2.61. The molecule has 2 saturated carbocycles. The number of rotatable bonds is 3. The Kier molecular flexibility index (Phi) is 3.27. The summed E-state index contributed by atoms with van der Waals surface area (Å²) in [5.41, 5.74) is 0. The Bertz CT molecular complexity index is 392. The van der Waals surface area contributed by atoms with Gasteiger partial charge in [-0.15, -0.1) is 0 Å². The van der Waals surface area contributed by atoms with Crippen LogP contribution < -0.4 is 5.32 Å². The Morgan fingerprint density at radius 3 is 2.53 bits per heavy atom. The predicted octanol–water partition coefficient (Wildman–Crippen LogP) is 1.55. The van der Waals surface area contributed by atoms with Crippen LogP contribution in [0, 0.1) is 17.8 Å². The van der Waals surface area contributed by atoms with Gasteiger partial charge in [0.05, 0.1) is 6.54 Å².